The number of hydrogen-bond donors (Lipinski definition) is 0. The lowest BCUT2D eigenvalue weighted by molar-refractivity contribution is -0.245. The first-order chi connectivity index (χ1) is 12.7. The molecule has 1 aromatic carbocycles. The lowest BCUT2D eigenvalue weighted by atomic mass is 10.0. The molecule has 1 heterocycles. The third-order valence-electron chi connectivity index (χ3n) is 3.84. The lowest BCUT2D eigenvalue weighted by Gasteiger charge is -2.39. The smallest absolute Gasteiger partial charge is 0.303 e. The van der Waals surface area contributed by atoms with Gasteiger partial charge >= 0.3 is 17.9 Å². The van der Waals surface area contributed by atoms with Crippen molar-refractivity contribution in [3.8, 4) is 5.75 Å². The van der Waals surface area contributed by atoms with Gasteiger partial charge in [-0.2, -0.15) is 0 Å². The van der Waals surface area contributed by atoms with Crippen LogP contribution in [0.5, 0.6) is 5.75 Å². The summed E-state index contributed by atoms with van der Waals surface area (Å²) in [5, 5.41) is 0. The normalized spacial score (nSPS) is 24.6. The van der Waals surface area contributed by atoms with Gasteiger partial charge in [0.1, 0.15) is 24.6 Å². The fourth-order valence-electron chi connectivity index (χ4n) is 2.74. The zero-order valence-electron chi connectivity index (χ0n) is 15.8. The number of benzene rings is 1. The summed E-state index contributed by atoms with van der Waals surface area (Å²) >= 11 is 0. The molecule has 8 nitrogen and oxygen atoms in total. The van der Waals surface area contributed by atoms with Gasteiger partial charge in [0.05, 0.1) is 6.42 Å². The molecule has 4 atom stereocenters. The van der Waals surface area contributed by atoms with Gasteiger partial charge in [0, 0.05) is 20.8 Å². The Hall–Kier alpha value is -2.61. The van der Waals surface area contributed by atoms with E-state index >= 15 is 0 Å². The first-order valence-electron chi connectivity index (χ1n) is 8.61. The van der Waals surface area contributed by atoms with Crippen LogP contribution in [0.4, 0.5) is 0 Å². The lowest BCUT2D eigenvalue weighted by Crippen LogP contribution is -2.54. The predicted molar refractivity (Wildman–Crippen MR) is 92.8 cm³/mol. The van der Waals surface area contributed by atoms with E-state index in [-0.39, 0.29) is 13.0 Å². The number of carbonyl (C=O) groups is 3. The van der Waals surface area contributed by atoms with Gasteiger partial charge in [0.25, 0.3) is 0 Å². The Morgan fingerprint density at radius 1 is 1.00 bits per heavy atom. The average molecular weight is 380 g/mol. The first-order valence-corrected chi connectivity index (χ1v) is 8.61. The Bertz CT molecular complexity index is 669. The Morgan fingerprint density at radius 3 is 2.19 bits per heavy atom. The van der Waals surface area contributed by atoms with Crippen molar-refractivity contribution in [2.24, 2.45) is 0 Å². The zero-order chi connectivity index (χ0) is 20.0. The maximum atomic E-state index is 11.5. The van der Waals surface area contributed by atoms with Crippen molar-refractivity contribution in [2.75, 3.05) is 6.61 Å². The van der Waals surface area contributed by atoms with Gasteiger partial charge in [-0.25, -0.2) is 0 Å². The number of carbonyl (C=O) groups excluding carboxylic acids is 3. The van der Waals surface area contributed by atoms with E-state index in [1.54, 1.807) is 12.1 Å². The molecular formula is C19H24O8. The molecule has 148 valence electrons. The third-order valence-corrected chi connectivity index (χ3v) is 3.84. The standard InChI is InChI=1S/C19H24O8/c1-11-5-7-15(8-6-11)26-18-9-16(24-13(3)21)19(25-14(4)22)17(27-18)10-23-12(2)20/h5-8,16-19H,9-10H2,1-4H3. The quantitative estimate of drug-likeness (QED) is 0.545. The van der Waals surface area contributed by atoms with E-state index in [1.165, 1.54) is 20.8 Å². The maximum absolute atomic E-state index is 11.5. The predicted octanol–water partition coefficient (Wildman–Crippen LogP) is 1.92. The Morgan fingerprint density at radius 2 is 1.63 bits per heavy atom. The fourth-order valence-corrected chi connectivity index (χ4v) is 2.74. The summed E-state index contributed by atoms with van der Waals surface area (Å²) in [6, 6.07) is 7.36. The van der Waals surface area contributed by atoms with Crippen LogP contribution in [0.3, 0.4) is 0 Å². The van der Waals surface area contributed by atoms with Crippen LogP contribution in [-0.2, 0) is 33.3 Å². The number of ether oxygens (including phenoxy) is 5. The summed E-state index contributed by atoms with van der Waals surface area (Å²) in [7, 11) is 0. The van der Waals surface area contributed by atoms with Gasteiger partial charge in [-0.15, -0.1) is 0 Å². The molecule has 27 heavy (non-hydrogen) atoms. The summed E-state index contributed by atoms with van der Waals surface area (Å²) < 4.78 is 27.2. The summed E-state index contributed by atoms with van der Waals surface area (Å²) in [5.74, 6) is -1.03. The Balaban J connectivity index is 2.19. The van der Waals surface area contributed by atoms with E-state index in [0.29, 0.717) is 5.75 Å². The van der Waals surface area contributed by atoms with Gasteiger partial charge in [-0.1, -0.05) is 17.7 Å². The second-order valence-electron chi connectivity index (χ2n) is 6.30. The highest BCUT2D eigenvalue weighted by molar-refractivity contribution is 5.67. The fraction of sp³-hybridized carbons (Fsp3) is 0.526. The molecule has 0 aliphatic carbocycles. The van der Waals surface area contributed by atoms with Crippen LogP contribution in [0, 0.1) is 6.92 Å². The highest BCUT2D eigenvalue weighted by Crippen LogP contribution is 2.28. The molecule has 0 spiro atoms. The van der Waals surface area contributed by atoms with Crippen molar-refractivity contribution in [1.29, 1.82) is 0 Å². The molecule has 1 saturated heterocycles. The molecule has 0 radical (unpaired) electrons. The van der Waals surface area contributed by atoms with E-state index in [9.17, 15) is 14.4 Å². The third kappa shape index (κ3) is 6.56. The van der Waals surface area contributed by atoms with Crippen molar-refractivity contribution >= 4 is 17.9 Å². The summed E-state index contributed by atoms with van der Waals surface area (Å²) in [6.07, 6.45) is -3.17. The highest BCUT2D eigenvalue weighted by Gasteiger charge is 2.44. The molecule has 1 aromatic rings. The van der Waals surface area contributed by atoms with E-state index < -0.39 is 42.5 Å². The second kappa shape index (κ2) is 9.36. The van der Waals surface area contributed by atoms with Crippen molar-refractivity contribution in [1.82, 2.24) is 0 Å². The molecule has 0 amide bonds. The summed E-state index contributed by atoms with van der Waals surface area (Å²) in [6.45, 7) is 5.54. The molecule has 0 N–H and O–H groups in total. The van der Waals surface area contributed by atoms with Crippen LogP contribution < -0.4 is 4.74 Å². The van der Waals surface area contributed by atoms with E-state index in [1.807, 2.05) is 19.1 Å². The van der Waals surface area contributed by atoms with Gasteiger partial charge in [0.2, 0.25) is 6.29 Å². The molecule has 0 aromatic heterocycles. The van der Waals surface area contributed by atoms with Crippen molar-refractivity contribution < 1.29 is 38.1 Å². The van der Waals surface area contributed by atoms with Crippen molar-refractivity contribution in [2.45, 2.75) is 58.7 Å². The van der Waals surface area contributed by atoms with E-state index in [4.69, 9.17) is 23.7 Å². The summed E-state index contributed by atoms with van der Waals surface area (Å²) in [5.41, 5.74) is 1.08. The minimum Gasteiger partial charge on any atom is -0.465 e. The van der Waals surface area contributed by atoms with Gasteiger partial charge in [0.15, 0.2) is 6.10 Å². The topological polar surface area (TPSA) is 97.4 Å². The number of esters is 3. The van der Waals surface area contributed by atoms with Crippen LogP contribution in [0.25, 0.3) is 0 Å². The molecular weight excluding hydrogens is 356 g/mol. The second-order valence-corrected chi connectivity index (χ2v) is 6.30. The van der Waals surface area contributed by atoms with Crippen LogP contribution in [0.15, 0.2) is 24.3 Å². The summed E-state index contributed by atoms with van der Waals surface area (Å²) in [4.78, 5) is 34.1. The molecule has 1 aliphatic rings. The average Bonchev–Trinajstić information content (AvgIpc) is 2.56. The first kappa shape index (κ1) is 20.7. The molecule has 8 heteroatoms. The van der Waals surface area contributed by atoms with Crippen LogP contribution >= 0.6 is 0 Å². The number of rotatable bonds is 6. The van der Waals surface area contributed by atoms with E-state index in [2.05, 4.69) is 0 Å². The Kier molecular flexibility index (Phi) is 7.18. The van der Waals surface area contributed by atoms with Crippen molar-refractivity contribution in [3.63, 3.8) is 0 Å². The Labute approximate surface area is 157 Å². The maximum Gasteiger partial charge on any atom is 0.303 e. The van der Waals surface area contributed by atoms with Crippen LogP contribution in [0.1, 0.15) is 32.8 Å². The minimum atomic E-state index is -0.913. The number of aryl methyl sites for hydroxylation is 1. The number of hydrogen-bond acceptors (Lipinski definition) is 8. The zero-order valence-corrected chi connectivity index (χ0v) is 15.8. The van der Waals surface area contributed by atoms with Crippen molar-refractivity contribution in [3.05, 3.63) is 29.8 Å². The van der Waals surface area contributed by atoms with Crippen LogP contribution in [0.2, 0.25) is 0 Å². The molecule has 4 unspecified atom stereocenters. The monoisotopic (exact) mass is 380 g/mol. The highest BCUT2D eigenvalue weighted by atomic mass is 16.7. The van der Waals surface area contributed by atoms with E-state index in [0.717, 1.165) is 5.56 Å². The minimum absolute atomic E-state index is 0.155. The van der Waals surface area contributed by atoms with Gasteiger partial charge in [-0.3, -0.25) is 14.4 Å². The van der Waals surface area contributed by atoms with Crippen LogP contribution in [-0.4, -0.2) is 49.1 Å². The molecule has 0 saturated carbocycles. The van der Waals surface area contributed by atoms with Gasteiger partial charge in [-0.05, 0) is 19.1 Å². The SMILES string of the molecule is CC(=O)OCC1OC(Oc2ccc(C)cc2)CC(OC(C)=O)C1OC(C)=O. The molecule has 2 rings (SSSR count). The molecule has 0 bridgehead atoms. The van der Waals surface area contributed by atoms with Gasteiger partial charge < -0.3 is 23.7 Å². The largest absolute Gasteiger partial charge is 0.465 e. The molecule has 1 aliphatic heterocycles. The molecule has 1 fully saturated rings.